The maximum atomic E-state index is 11.6. The Balaban J connectivity index is 2.36. The third kappa shape index (κ3) is 3.37. The van der Waals surface area contributed by atoms with Crippen LogP contribution in [0.5, 0.6) is 0 Å². The molecule has 6 nitrogen and oxygen atoms in total. The summed E-state index contributed by atoms with van der Waals surface area (Å²) in [6.07, 6.45) is 1.51. The van der Waals surface area contributed by atoms with Crippen molar-refractivity contribution in [2.75, 3.05) is 13.1 Å². The maximum Gasteiger partial charge on any atom is 0.334 e. The smallest absolute Gasteiger partial charge is 0.334 e. The van der Waals surface area contributed by atoms with E-state index >= 15 is 0 Å². The number of likely N-dealkylation sites (tertiary alicyclic amines) is 1. The van der Waals surface area contributed by atoms with Crippen LogP contribution >= 0.6 is 0 Å². The predicted octanol–water partition coefficient (Wildman–Crippen LogP) is 0.0159. The van der Waals surface area contributed by atoms with E-state index in [0.29, 0.717) is 6.54 Å². The Morgan fingerprint density at radius 3 is 2.75 bits per heavy atom. The largest absolute Gasteiger partial charge is 0.479 e. The molecule has 0 spiro atoms. The van der Waals surface area contributed by atoms with Gasteiger partial charge in [-0.15, -0.1) is 0 Å². The molecule has 0 bridgehead atoms. The number of carboxylic acids is 1. The Labute approximate surface area is 94.2 Å². The zero-order valence-electron chi connectivity index (χ0n) is 9.35. The molecule has 1 aliphatic heterocycles. The summed E-state index contributed by atoms with van der Waals surface area (Å²) >= 11 is 0. The van der Waals surface area contributed by atoms with Gasteiger partial charge in [-0.25, -0.2) is 9.59 Å². The first-order valence-corrected chi connectivity index (χ1v) is 5.47. The van der Waals surface area contributed by atoms with Crippen molar-refractivity contribution in [1.82, 2.24) is 10.2 Å². The highest BCUT2D eigenvalue weighted by molar-refractivity contribution is 5.77. The minimum Gasteiger partial charge on any atom is -0.479 e. The topological polar surface area (TPSA) is 89.9 Å². The van der Waals surface area contributed by atoms with Crippen LogP contribution in [-0.4, -0.2) is 52.3 Å². The van der Waals surface area contributed by atoms with E-state index in [-0.39, 0.29) is 18.6 Å². The summed E-state index contributed by atoms with van der Waals surface area (Å²) in [5.74, 6) is -1.33. The number of hydrogen-bond donors (Lipinski definition) is 3. The summed E-state index contributed by atoms with van der Waals surface area (Å²) in [4.78, 5) is 23.7. The Hall–Kier alpha value is -1.30. The molecule has 6 heteroatoms. The molecule has 0 saturated carbocycles. The van der Waals surface area contributed by atoms with Gasteiger partial charge in [0.05, 0.1) is 6.54 Å². The van der Waals surface area contributed by atoms with Gasteiger partial charge in [-0.05, 0) is 26.2 Å². The Kier molecular flexibility index (Phi) is 4.54. The minimum atomic E-state index is -1.54. The molecule has 3 N–H and O–H groups in total. The minimum absolute atomic E-state index is 0.177. The number of hydrogen-bond acceptors (Lipinski definition) is 3. The summed E-state index contributed by atoms with van der Waals surface area (Å²) in [6.45, 7) is 2.40. The standard InChI is InChI=1S/C10H18N2O4/c1-7-4-2-3-5-12(7)10(16)11-6-8(13)9(14)15/h7-8,13H,2-6H2,1H3,(H,11,16)(H,14,15)/t7?,8-/m0/s1. The fraction of sp³-hybridized carbons (Fsp3) is 0.800. The van der Waals surface area contributed by atoms with E-state index < -0.39 is 12.1 Å². The SMILES string of the molecule is CC1CCCCN1C(=O)NC[C@H](O)C(=O)O. The van der Waals surface area contributed by atoms with Crippen molar-refractivity contribution in [3.8, 4) is 0 Å². The lowest BCUT2D eigenvalue weighted by Gasteiger charge is -2.33. The number of amides is 2. The van der Waals surface area contributed by atoms with Crippen molar-refractivity contribution in [2.45, 2.75) is 38.3 Å². The Morgan fingerprint density at radius 2 is 2.19 bits per heavy atom. The second kappa shape index (κ2) is 5.69. The molecule has 16 heavy (non-hydrogen) atoms. The lowest BCUT2D eigenvalue weighted by atomic mass is 10.0. The van der Waals surface area contributed by atoms with Crippen LogP contribution in [0.1, 0.15) is 26.2 Å². The van der Waals surface area contributed by atoms with E-state index in [1.165, 1.54) is 0 Å². The highest BCUT2D eigenvalue weighted by Gasteiger charge is 2.24. The molecule has 92 valence electrons. The number of urea groups is 1. The predicted molar refractivity (Wildman–Crippen MR) is 57.1 cm³/mol. The molecular weight excluding hydrogens is 212 g/mol. The quantitative estimate of drug-likeness (QED) is 0.637. The second-order valence-electron chi connectivity index (χ2n) is 4.08. The van der Waals surface area contributed by atoms with Crippen molar-refractivity contribution in [3.05, 3.63) is 0 Å². The summed E-state index contributed by atoms with van der Waals surface area (Å²) < 4.78 is 0. The lowest BCUT2D eigenvalue weighted by molar-refractivity contribution is -0.146. The Morgan fingerprint density at radius 1 is 1.50 bits per heavy atom. The number of rotatable bonds is 3. The first-order valence-electron chi connectivity index (χ1n) is 5.47. The van der Waals surface area contributed by atoms with E-state index in [0.717, 1.165) is 19.3 Å². The van der Waals surface area contributed by atoms with Crippen molar-refractivity contribution < 1.29 is 19.8 Å². The molecule has 1 saturated heterocycles. The third-order valence-electron chi connectivity index (χ3n) is 2.80. The normalized spacial score (nSPS) is 22.6. The molecule has 1 fully saturated rings. The van der Waals surface area contributed by atoms with Gasteiger partial charge in [0.15, 0.2) is 6.10 Å². The number of carbonyl (C=O) groups excluding carboxylic acids is 1. The molecule has 1 unspecified atom stereocenters. The molecule has 2 amide bonds. The maximum absolute atomic E-state index is 11.6. The second-order valence-corrected chi connectivity index (χ2v) is 4.08. The van der Waals surface area contributed by atoms with E-state index in [1.807, 2.05) is 6.92 Å². The summed E-state index contributed by atoms with van der Waals surface area (Å²) in [7, 11) is 0. The van der Waals surface area contributed by atoms with Gasteiger partial charge in [0.2, 0.25) is 0 Å². The number of nitrogens with one attached hydrogen (secondary N) is 1. The molecule has 1 rings (SSSR count). The molecule has 1 heterocycles. The van der Waals surface area contributed by atoms with Crippen LogP contribution < -0.4 is 5.32 Å². The monoisotopic (exact) mass is 230 g/mol. The van der Waals surface area contributed by atoms with Crippen molar-refractivity contribution in [2.24, 2.45) is 0 Å². The number of aliphatic hydroxyl groups excluding tert-OH is 1. The average Bonchev–Trinajstić information content (AvgIpc) is 2.25. The molecule has 2 atom stereocenters. The van der Waals surface area contributed by atoms with Gasteiger partial charge in [0, 0.05) is 12.6 Å². The van der Waals surface area contributed by atoms with Gasteiger partial charge in [0.1, 0.15) is 0 Å². The molecule has 0 aromatic carbocycles. The molecule has 0 aromatic rings. The summed E-state index contributed by atoms with van der Waals surface area (Å²) in [5, 5.41) is 19.9. The van der Waals surface area contributed by atoms with Crippen LogP contribution in [0.2, 0.25) is 0 Å². The van der Waals surface area contributed by atoms with E-state index in [2.05, 4.69) is 5.32 Å². The van der Waals surface area contributed by atoms with Crippen LogP contribution in [0, 0.1) is 0 Å². The average molecular weight is 230 g/mol. The summed E-state index contributed by atoms with van der Waals surface area (Å²) in [5.41, 5.74) is 0. The fourth-order valence-electron chi connectivity index (χ4n) is 1.77. The van der Waals surface area contributed by atoms with Crippen LogP contribution in [0.4, 0.5) is 4.79 Å². The first-order chi connectivity index (χ1) is 7.52. The lowest BCUT2D eigenvalue weighted by Crippen LogP contribution is -2.49. The number of carbonyl (C=O) groups is 2. The first kappa shape index (κ1) is 12.8. The van der Waals surface area contributed by atoms with Crippen LogP contribution in [0.25, 0.3) is 0 Å². The third-order valence-corrected chi connectivity index (χ3v) is 2.80. The van der Waals surface area contributed by atoms with E-state index in [4.69, 9.17) is 10.2 Å². The van der Waals surface area contributed by atoms with Crippen molar-refractivity contribution in [3.63, 3.8) is 0 Å². The van der Waals surface area contributed by atoms with E-state index in [1.54, 1.807) is 4.90 Å². The highest BCUT2D eigenvalue weighted by atomic mass is 16.4. The van der Waals surface area contributed by atoms with Crippen molar-refractivity contribution >= 4 is 12.0 Å². The van der Waals surface area contributed by atoms with Gasteiger partial charge in [0.25, 0.3) is 0 Å². The highest BCUT2D eigenvalue weighted by Crippen LogP contribution is 2.15. The number of piperidine rings is 1. The zero-order chi connectivity index (χ0) is 12.1. The molecule has 1 aliphatic rings. The van der Waals surface area contributed by atoms with Crippen LogP contribution in [0.15, 0.2) is 0 Å². The number of aliphatic hydroxyl groups is 1. The van der Waals surface area contributed by atoms with Crippen LogP contribution in [-0.2, 0) is 4.79 Å². The molecule has 0 aromatic heterocycles. The van der Waals surface area contributed by atoms with Gasteiger partial charge < -0.3 is 20.4 Å². The zero-order valence-corrected chi connectivity index (χ0v) is 9.35. The Bertz CT molecular complexity index is 270. The number of aliphatic carboxylic acids is 1. The molecule has 0 aliphatic carbocycles. The van der Waals surface area contributed by atoms with Gasteiger partial charge in [-0.3, -0.25) is 0 Å². The number of nitrogens with zero attached hydrogens (tertiary/aromatic N) is 1. The van der Waals surface area contributed by atoms with E-state index in [9.17, 15) is 9.59 Å². The van der Waals surface area contributed by atoms with Crippen molar-refractivity contribution in [1.29, 1.82) is 0 Å². The summed E-state index contributed by atoms with van der Waals surface area (Å²) in [6, 6.07) is -0.122. The fourth-order valence-corrected chi connectivity index (χ4v) is 1.77. The van der Waals surface area contributed by atoms with Crippen LogP contribution in [0.3, 0.4) is 0 Å². The van der Waals surface area contributed by atoms with Gasteiger partial charge in [-0.2, -0.15) is 0 Å². The van der Waals surface area contributed by atoms with Gasteiger partial charge in [-0.1, -0.05) is 0 Å². The van der Waals surface area contributed by atoms with Gasteiger partial charge >= 0.3 is 12.0 Å². The number of carboxylic acid groups (broad SMARTS) is 1. The molecular formula is C10H18N2O4. The molecule has 0 radical (unpaired) electrons.